The molecular formula is C39H45BrN8Sn3. The molecule has 4 aromatic carbocycles. The van der Waals surface area contributed by atoms with E-state index in [-0.39, 0.29) is 0 Å². The normalized spacial score (nSPS) is 10.5. The number of para-hydroxylation sites is 2. The van der Waals surface area contributed by atoms with E-state index in [0.717, 1.165) is 37.7 Å². The predicted octanol–water partition coefficient (Wildman–Crippen LogP) is 10.5. The molecule has 0 bridgehead atoms. The zero-order chi connectivity index (χ0) is 37.6. The van der Waals surface area contributed by atoms with Gasteiger partial charge in [-0.05, 0) is 46.3 Å². The number of anilines is 4. The van der Waals surface area contributed by atoms with E-state index >= 15 is 0 Å². The van der Waals surface area contributed by atoms with Crippen molar-refractivity contribution in [2.75, 3.05) is 10.6 Å². The summed E-state index contributed by atoms with van der Waals surface area (Å²) in [6.45, 7) is 0. The first kappa shape index (κ1) is 42.4. The number of hydrogen-bond donors (Lipinski definition) is 2. The third-order valence-electron chi connectivity index (χ3n) is 6.52. The molecule has 0 saturated carbocycles. The van der Waals surface area contributed by atoms with Gasteiger partial charge in [-0.2, -0.15) is 5.26 Å². The summed E-state index contributed by atoms with van der Waals surface area (Å²) in [5.74, 6) is 1.11. The number of halogens is 1. The Hall–Kier alpha value is -2.98. The molecule has 0 aliphatic heterocycles. The van der Waals surface area contributed by atoms with Gasteiger partial charge in [0.05, 0.1) is 17.1 Å². The molecule has 0 spiro atoms. The number of aromatic nitrogens is 4. The molecule has 51 heavy (non-hydrogen) atoms. The van der Waals surface area contributed by atoms with E-state index in [2.05, 4.69) is 116 Å². The molecule has 2 N–H and O–H groups in total. The molecule has 0 saturated heterocycles. The summed E-state index contributed by atoms with van der Waals surface area (Å²) in [6.07, 6.45) is 3.65. The van der Waals surface area contributed by atoms with Crippen LogP contribution >= 0.6 is 15.9 Å². The molecule has 12 heteroatoms. The standard InChI is InChI=1S/C15H9BrN4.C15H9N4.9CH3.3Sn/c16-13-3-1-2-11-9-18-15(20-14(11)13)19-12-6-4-10(8-17)5-7-12;16-9-11-5-7-13(8-6-11)18-15-17-10-12-3-1-2-4-14(12)19-15;;;;;;;;;;;;/h1-7,9H,(H,18,19,20);1-3,5-8,10H,(H,17,18,19);9*1H3;;;. The average molecular weight is 1060 g/mol. The quantitative estimate of drug-likeness (QED) is 0.164. The molecule has 6 aromatic rings. The molecular weight excluding hydrogens is 1020 g/mol. The van der Waals surface area contributed by atoms with Crippen molar-refractivity contribution in [1.82, 2.24) is 19.9 Å². The minimum atomic E-state index is -2.24. The van der Waals surface area contributed by atoms with Gasteiger partial charge in [-0.15, -0.1) is 0 Å². The van der Waals surface area contributed by atoms with Crippen LogP contribution in [0.4, 0.5) is 23.3 Å². The van der Waals surface area contributed by atoms with Gasteiger partial charge in [-0.1, -0.05) is 12.1 Å². The molecule has 2 heterocycles. The van der Waals surface area contributed by atoms with Crippen LogP contribution in [-0.2, 0) is 0 Å². The number of nitriles is 2. The monoisotopic (exact) mass is 1060 g/mol. The Kier molecular flexibility index (Phi) is 17.4. The van der Waals surface area contributed by atoms with Crippen LogP contribution in [0.25, 0.3) is 21.8 Å². The van der Waals surface area contributed by atoms with Crippen molar-refractivity contribution >= 4 is 122 Å². The maximum absolute atomic E-state index is 8.85. The number of hydrogen-bond acceptors (Lipinski definition) is 8. The molecule has 2 radical (unpaired) electrons. The third kappa shape index (κ3) is 14.5. The molecule has 6 rings (SSSR count). The second kappa shape index (κ2) is 20.9. The Morgan fingerprint density at radius 1 is 0.588 bits per heavy atom. The summed E-state index contributed by atoms with van der Waals surface area (Å²) < 4.78 is 2.34. The van der Waals surface area contributed by atoms with E-state index in [1.807, 2.05) is 48.7 Å². The van der Waals surface area contributed by atoms with Gasteiger partial charge in [0.2, 0.25) is 5.95 Å². The van der Waals surface area contributed by atoms with E-state index in [4.69, 9.17) is 15.5 Å². The molecule has 0 aliphatic carbocycles. The summed E-state index contributed by atoms with van der Waals surface area (Å²) in [5, 5.41) is 26.0. The van der Waals surface area contributed by atoms with Gasteiger partial charge in [0.25, 0.3) is 0 Å². The number of fused-ring (bicyclic) bond motifs is 2. The Balaban J connectivity index is 0.000000229. The summed E-state index contributed by atoms with van der Waals surface area (Å²) in [5.41, 5.74) is 4.90. The van der Waals surface area contributed by atoms with Gasteiger partial charge < -0.3 is 5.32 Å². The average Bonchev–Trinajstić information content (AvgIpc) is 3.08. The zero-order valence-electron chi connectivity index (χ0n) is 30.8. The molecule has 0 aliphatic rings. The SMILES string of the molecule is N#Cc1ccc(Nc2ncc3cccc(Br)c3n2)cc1.[CH3][Sn]([CH3])([CH3])[c]1cccc2cnc(Nc3ccc(C#N)cc3)nc12.[CH3][Sn]([CH3])[CH3].[CH3][Sn]([CH3])[CH3]. The summed E-state index contributed by atoms with van der Waals surface area (Å²) in [7, 11) is 0. The van der Waals surface area contributed by atoms with Crippen LogP contribution < -0.4 is 14.2 Å². The molecule has 0 amide bonds. The first-order valence-electron chi connectivity index (χ1n) is 16.5. The van der Waals surface area contributed by atoms with Crippen molar-refractivity contribution in [2.45, 2.75) is 44.5 Å². The van der Waals surface area contributed by atoms with Crippen LogP contribution in [0.3, 0.4) is 0 Å². The second-order valence-corrected chi connectivity index (χ2v) is 46.0. The number of nitrogens with one attached hydrogen (secondary N) is 2. The van der Waals surface area contributed by atoms with Crippen molar-refractivity contribution in [1.29, 1.82) is 10.5 Å². The van der Waals surface area contributed by atoms with Gasteiger partial charge in [0.1, 0.15) is 0 Å². The van der Waals surface area contributed by atoms with Gasteiger partial charge in [-0.25, -0.2) is 9.97 Å². The summed E-state index contributed by atoms with van der Waals surface area (Å²) in [6, 6.07) is 30.8. The number of nitrogens with zero attached hydrogens (tertiary/aromatic N) is 6. The maximum atomic E-state index is 8.85. The van der Waals surface area contributed by atoms with Crippen molar-refractivity contribution < 1.29 is 0 Å². The molecule has 260 valence electrons. The van der Waals surface area contributed by atoms with Gasteiger partial charge >= 0.3 is 209 Å². The topological polar surface area (TPSA) is 123 Å². The Bertz CT molecular complexity index is 2090. The Morgan fingerprint density at radius 2 is 0.980 bits per heavy atom. The fraction of sp³-hybridized carbons (Fsp3) is 0.231. The Labute approximate surface area is 329 Å². The van der Waals surface area contributed by atoms with Crippen LogP contribution in [0.2, 0.25) is 44.5 Å². The first-order chi connectivity index (χ1) is 24.2. The molecule has 8 nitrogen and oxygen atoms in total. The van der Waals surface area contributed by atoms with Crippen LogP contribution in [0.15, 0.2) is 102 Å². The van der Waals surface area contributed by atoms with Gasteiger partial charge in [0, 0.05) is 21.7 Å². The minimum absolute atomic E-state index is 0.522. The fourth-order valence-electron chi connectivity index (χ4n) is 4.32. The summed E-state index contributed by atoms with van der Waals surface area (Å²) >= 11 is 0.151. The van der Waals surface area contributed by atoms with E-state index in [9.17, 15) is 0 Å². The predicted molar refractivity (Wildman–Crippen MR) is 225 cm³/mol. The third-order valence-corrected chi connectivity index (χ3v) is 12.9. The fourth-order valence-corrected chi connectivity index (χ4v) is 9.09. The summed E-state index contributed by atoms with van der Waals surface area (Å²) in [4.78, 5) is 39.2. The van der Waals surface area contributed by atoms with E-state index in [0.29, 0.717) is 23.0 Å². The van der Waals surface area contributed by atoms with Crippen molar-refractivity contribution in [3.8, 4) is 12.1 Å². The van der Waals surface area contributed by atoms with E-state index < -0.39 is 57.9 Å². The van der Waals surface area contributed by atoms with E-state index in [1.165, 1.54) is 3.58 Å². The first-order valence-corrected chi connectivity index (χ1v) is 44.4. The molecule has 2 aromatic heterocycles. The van der Waals surface area contributed by atoms with Gasteiger partial charge in [0.15, 0.2) is 0 Å². The zero-order valence-corrected chi connectivity index (χ0v) is 40.9. The number of benzene rings is 4. The van der Waals surface area contributed by atoms with Crippen LogP contribution in [0.1, 0.15) is 11.1 Å². The molecule has 0 unspecified atom stereocenters. The van der Waals surface area contributed by atoms with Crippen LogP contribution in [0.5, 0.6) is 0 Å². The molecule has 0 atom stereocenters. The second-order valence-electron chi connectivity index (χ2n) is 13.7. The van der Waals surface area contributed by atoms with Crippen molar-refractivity contribution in [3.05, 3.63) is 113 Å². The Morgan fingerprint density at radius 3 is 1.39 bits per heavy atom. The van der Waals surface area contributed by atoms with Crippen molar-refractivity contribution in [3.63, 3.8) is 0 Å². The number of rotatable bonds is 5. The van der Waals surface area contributed by atoms with Crippen molar-refractivity contribution in [2.24, 2.45) is 0 Å². The van der Waals surface area contributed by atoms with E-state index in [1.54, 1.807) is 30.5 Å². The van der Waals surface area contributed by atoms with Crippen LogP contribution in [-0.4, -0.2) is 77.8 Å². The van der Waals surface area contributed by atoms with Gasteiger partial charge in [-0.3, -0.25) is 0 Å². The van der Waals surface area contributed by atoms with Crippen LogP contribution in [0, 0.1) is 22.7 Å². The molecule has 0 fully saturated rings.